The first-order chi connectivity index (χ1) is 20.8. The Bertz CT molecular complexity index is 1580. The van der Waals surface area contributed by atoms with Crippen molar-refractivity contribution in [2.45, 2.75) is 62.6 Å². The Morgan fingerprint density at radius 2 is 1.74 bits per heavy atom. The van der Waals surface area contributed by atoms with E-state index in [1.54, 1.807) is 42.5 Å². The van der Waals surface area contributed by atoms with Crippen molar-refractivity contribution in [3.63, 3.8) is 0 Å². The SMILES string of the molecule is COc1cc2c(cc1O[C@@H]1O[C@@H](C)[C@@H](O)[C@@H](O)[C@@H]1O)C1C(=O)c3cc4c(cc3C1N(CCCn1ccnc1)C2=O)OCO4. The number of carbonyl (C=O) groups excluding carboxylic acids is 2. The van der Waals surface area contributed by atoms with Gasteiger partial charge in [-0.05, 0) is 48.7 Å². The van der Waals surface area contributed by atoms with Gasteiger partial charge in [0.1, 0.15) is 18.3 Å². The predicted octanol–water partition coefficient (Wildman–Crippen LogP) is 1.39. The number of ketones is 1. The van der Waals surface area contributed by atoms with E-state index in [0.29, 0.717) is 53.3 Å². The standard InChI is InChI=1S/C30H31N3O10/c1-14-25(34)27(36)28(37)30(42-14)43-22-8-15-18(11-19(22)39-2)29(38)33(6-3-5-32-7-4-31-12-32)24-16-9-20-21(41-13-40-20)10-17(16)26(35)23(15)24/h4,7-12,14,23-25,27-28,30,34,36-37H,3,5-6,13H2,1-2H3/t14-,23?,24?,25+,27+,28-,30-/m0/s1. The minimum Gasteiger partial charge on any atom is -0.493 e. The average molecular weight is 594 g/mol. The van der Waals surface area contributed by atoms with Crippen molar-refractivity contribution in [1.29, 1.82) is 0 Å². The summed E-state index contributed by atoms with van der Waals surface area (Å²) in [4.78, 5) is 34.1. The van der Waals surface area contributed by atoms with Crippen molar-refractivity contribution in [3.8, 4) is 23.0 Å². The quantitative estimate of drug-likeness (QED) is 0.363. The molecule has 43 heavy (non-hydrogen) atoms. The Kier molecular flexibility index (Phi) is 6.77. The summed E-state index contributed by atoms with van der Waals surface area (Å²) < 4.78 is 30.3. The number of hydrogen-bond donors (Lipinski definition) is 3. The van der Waals surface area contributed by atoms with Gasteiger partial charge in [-0.1, -0.05) is 0 Å². The number of imidazole rings is 1. The van der Waals surface area contributed by atoms with E-state index in [9.17, 15) is 24.9 Å². The summed E-state index contributed by atoms with van der Waals surface area (Å²) in [6, 6.07) is 5.94. The van der Waals surface area contributed by atoms with Crippen LogP contribution < -0.4 is 18.9 Å². The van der Waals surface area contributed by atoms with Gasteiger partial charge in [0.05, 0.1) is 31.5 Å². The lowest BCUT2D eigenvalue weighted by molar-refractivity contribution is -0.268. The highest BCUT2D eigenvalue weighted by molar-refractivity contribution is 6.11. The molecule has 7 rings (SSSR count). The van der Waals surface area contributed by atoms with E-state index < -0.39 is 42.7 Å². The molecule has 2 aromatic carbocycles. The van der Waals surface area contributed by atoms with Crippen LogP contribution in [-0.2, 0) is 11.3 Å². The molecular weight excluding hydrogens is 562 g/mol. The molecule has 3 N–H and O–H groups in total. The molecule has 13 heteroatoms. The Morgan fingerprint density at radius 3 is 2.49 bits per heavy atom. The smallest absolute Gasteiger partial charge is 0.254 e. The van der Waals surface area contributed by atoms with Gasteiger partial charge in [-0.25, -0.2) is 4.98 Å². The van der Waals surface area contributed by atoms with Gasteiger partial charge in [0, 0.05) is 36.6 Å². The number of carbonyl (C=O) groups is 2. The molecule has 7 atom stereocenters. The van der Waals surface area contributed by atoms with E-state index in [1.807, 2.05) is 10.8 Å². The highest BCUT2D eigenvalue weighted by Crippen LogP contribution is 2.54. The van der Waals surface area contributed by atoms with Crippen LogP contribution >= 0.6 is 0 Å². The second kappa shape index (κ2) is 10.5. The number of ether oxygens (including phenoxy) is 5. The maximum absolute atomic E-state index is 14.2. The van der Waals surface area contributed by atoms with Crippen LogP contribution in [0.5, 0.6) is 23.0 Å². The average Bonchev–Trinajstić information content (AvgIpc) is 3.75. The number of aliphatic hydroxyl groups is 3. The van der Waals surface area contributed by atoms with Gasteiger partial charge in [0.15, 0.2) is 28.8 Å². The van der Waals surface area contributed by atoms with Gasteiger partial charge in [0.25, 0.3) is 5.91 Å². The number of aryl methyl sites for hydroxylation is 1. The Hall–Kier alpha value is -4.17. The number of amides is 1. The number of fused-ring (bicyclic) bond motifs is 6. The van der Waals surface area contributed by atoms with Crippen LogP contribution in [-0.4, -0.2) is 92.6 Å². The summed E-state index contributed by atoms with van der Waals surface area (Å²) in [5.41, 5.74) is 1.87. The van der Waals surface area contributed by atoms with Crippen molar-refractivity contribution in [2.75, 3.05) is 20.4 Å². The minimum absolute atomic E-state index is 0.0524. The molecule has 226 valence electrons. The van der Waals surface area contributed by atoms with E-state index in [4.69, 9.17) is 23.7 Å². The number of aliphatic hydroxyl groups excluding tert-OH is 3. The maximum Gasteiger partial charge on any atom is 0.254 e. The molecule has 4 aliphatic rings. The van der Waals surface area contributed by atoms with E-state index in [1.165, 1.54) is 13.2 Å². The predicted molar refractivity (Wildman–Crippen MR) is 146 cm³/mol. The fraction of sp³-hybridized carbons (Fsp3) is 0.433. The van der Waals surface area contributed by atoms with Crippen molar-refractivity contribution in [1.82, 2.24) is 14.5 Å². The number of benzene rings is 2. The molecule has 4 heterocycles. The minimum atomic E-state index is -1.56. The fourth-order valence-electron chi connectivity index (χ4n) is 6.44. The molecule has 0 spiro atoms. The van der Waals surface area contributed by atoms with Crippen molar-refractivity contribution in [2.24, 2.45) is 0 Å². The molecule has 1 aromatic heterocycles. The molecule has 1 saturated heterocycles. The first kappa shape index (κ1) is 27.7. The zero-order valence-electron chi connectivity index (χ0n) is 23.5. The first-order valence-corrected chi connectivity index (χ1v) is 14.1. The Morgan fingerprint density at radius 1 is 0.953 bits per heavy atom. The Labute approximate surface area is 246 Å². The molecule has 1 fully saturated rings. The number of rotatable bonds is 7. The lowest BCUT2D eigenvalue weighted by Gasteiger charge is -2.40. The van der Waals surface area contributed by atoms with Crippen LogP contribution in [0.3, 0.4) is 0 Å². The molecule has 0 saturated carbocycles. The third-order valence-electron chi connectivity index (χ3n) is 8.65. The zero-order valence-corrected chi connectivity index (χ0v) is 23.5. The summed E-state index contributed by atoms with van der Waals surface area (Å²) in [6.07, 6.45) is -0.660. The molecule has 1 amide bonds. The van der Waals surface area contributed by atoms with Crippen LogP contribution in [0, 0.1) is 0 Å². The van der Waals surface area contributed by atoms with Gasteiger partial charge in [-0.15, -0.1) is 0 Å². The first-order valence-electron chi connectivity index (χ1n) is 14.1. The van der Waals surface area contributed by atoms with Gasteiger partial charge in [-0.2, -0.15) is 0 Å². The second-order valence-corrected chi connectivity index (χ2v) is 11.1. The number of hydrogen-bond acceptors (Lipinski definition) is 11. The largest absolute Gasteiger partial charge is 0.493 e. The highest BCUT2D eigenvalue weighted by Gasteiger charge is 2.51. The summed E-state index contributed by atoms with van der Waals surface area (Å²) >= 11 is 0. The topological polar surface area (TPSA) is 162 Å². The van der Waals surface area contributed by atoms with E-state index >= 15 is 0 Å². The van der Waals surface area contributed by atoms with Crippen LogP contribution in [0.15, 0.2) is 43.0 Å². The van der Waals surface area contributed by atoms with Crippen LogP contribution in [0.2, 0.25) is 0 Å². The van der Waals surface area contributed by atoms with Gasteiger partial charge >= 0.3 is 0 Å². The molecule has 3 aromatic rings. The van der Waals surface area contributed by atoms with Gasteiger partial charge in [-0.3, -0.25) is 9.59 Å². The summed E-state index contributed by atoms with van der Waals surface area (Å²) in [7, 11) is 1.41. The van der Waals surface area contributed by atoms with Crippen molar-refractivity contribution < 1.29 is 48.6 Å². The van der Waals surface area contributed by atoms with E-state index in [0.717, 1.165) is 0 Å². The molecule has 3 aliphatic heterocycles. The number of Topliss-reactive ketones (excluding diaryl/α,β-unsaturated/α-hetero) is 1. The third-order valence-corrected chi connectivity index (χ3v) is 8.65. The fourth-order valence-corrected chi connectivity index (χ4v) is 6.44. The van der Waals surface area contributed by atoms with Crippen LogP contribution in [0.25, 0.3) is 0 Å². The highest BCUT2D eigenvalue weighted by atomic mass is 16.7. The lowest BCUT2D eigenvalue weighted by atomic mass is 9.82. The zero-order chi connectivity index (χ0) is 30.0. The number of nitrogens with zero attached hydrogens (tertiary/aromatic N) is 3. The van der Waals surface area contributed by atoms with Gasteiger partial charge < -0.3 is 48.5 Å². The molecule has 1 aliphatic carbocycles. The van der Waals surface area contributed by atoms with Gasteiger partial charge in [0.2, 0.25) is 13.1 Å². The summed E-state index contributed by atoms with van der Waals surface area (Å²) in [6.45, 7) is 2.61. The van der Waals surface area contributed by atoms with Crippen molar-refractivity contribution >= 4 is 11.7 Å². The molecular formula is C30H31N3O10. The molecule has 0 radical (unpaired) electrons. The lowest BCUT2D eigenvalue weighted by Crippen LogP contribution is -2.58. The number of aromatic nitrogens is 2. The monoisotopic (exact) mass is 593 g/mol. The Balaban J connectivity index is 1.29. The molecule has 2 unspecified atom stereocenters. The molecule has 13 nitrogen and oxygen atoms in total. The van der Waals surface area contributed by atoms with Crippen molar-refractivity contribution in [3.05, 3.63) is 65.2 Å². The summed E-state index contributed by atoms with van der Waals surface area (Å²) in [5.74, 6) is 0.0722. The second-order valence-electron chi connectivity index (χ2n) is 11.1. The van der Waals surface area contributed by atoms with E-state index in [-0.39, 0.29) is 30.0 Å². The number of methoxy groups -OCH3 is 1. The maximum atomic E-state index is 14.2. The summed E-state index contributed by atoms with van der Waals surface area (Å²) in [5, 5.41) is 30.9. The normalized spacial score (nSPS) is 28.9. The molecule has 0 bridgehead atoms. The van der Waals surface area contributed by atoms with Crippen LogP contribution in [0.1, 0.15) is 57.1 Å². The van der Waals surface area contributed by atoms with E-state index in [2.05, 4.69) is 4.98 Å². The van der Waals surface area contributed by atoms with Crippen LogP contribution in [0.4, 0.5) is 0 Å². The third kappa shape index (κ3) is 4.42.